The van der Waals surface area contributed by atoms with E-state index in [1.807, 2.05) is 24.3 Å². The maximum Gasteiger partial charge on any atom is 0.193 e. The number of nitrogens with two attached hydrogens (primary N) is 1. The SMILES string of the molecule is COc1ccc(NC(N)=NCc2ccc3c(c2)OCCCO3)cc1Cl.I. The number of halogens is 2. The van der Waals surface area contributed by atoms with Crippen molar-refractivity contribution in [1.29, 1.82) is 0 Å². The van der Waals surface area contributed by atoms with E-state index in [2.05, 4.69) is 10.3 Å². The van der Waals surface area contributed by atoms with Crippen molar-refractivity contribution in [2.75, 3.05) is 25.6 Å². The van der Waals surface area contributed by atoms with Gasteiger partial charge in [-0.3, -0.25) is 0 Å². The van der Waals surface area contributed by atoms with E-state index >= 15 is 0 Å². The van der Waals surface area contributed by atoms with Crippen LogP contribution < -0.4 is 25.3 Å². The smallest absolute Gasteiger partial charge is 0.193 e. The van der Waals surface area contributed by atoms with Crippen LogP contribution in [0, 0.1) is 0 Å². The Morgan fingerprint density at radius 3 is 2.69 bits per heavy atom. The summed E-state index contributed by atoms with van der Waals surface area (Å²) in [6, 6.07) is 11.1. The first-order valence-corrected chi connectivity index (χ1v) is 8.32. The summed E-state index contributed by atoms with van der Waals surface area (Å²) < 4.78 is 16.4. The summed E-state index contributed by atoms with van der Waals surface area (Å²) in [6.45, 7) is 1.76. The second-order valence-corrected chi connectivity index (χ2v) is 5.91. The number of rotatable bonds is 4. The van der Waals surface area contributed by atoms with Crippen LogP contribution >= 0.6 is 35.6 Å². The Balaban J connectivity index is 0.00000243. The maximum absolute atomic E-state index is 6.10. The molecule has 2 aromatic rings. The van der Waals surface area contributed by atoms with Crippen molar-refractivity contribution in [3.63, 3.8) is 0 Å². The zero-order valence-electron chi connectivity index (χ0n) is 14.3. The predicted octanol–water partition coefficient (Wildman–Crippen LogP) is 4.05. The summed E-state index contributed by atoms with van der Waals surface area (Å²) in [5.41, 5.74) is 7.67. The molecule has 0 spiro atoms. The third kappa shape index (κ3) is 5.31. The normalized spacial score (nSPS) is 13.4. The lowest BCUT2D eigenvalue weighted by Crippen LogP contribution is -2.22. The van der Waals surface area contributed by atoms with Crippen LogP contribution in [0.15, 0.2) is 41.4 Å². The van der Waals surface area contributed by atoms with Crippen LogP contribution in [0.25, 0.3) is 0 Å². The Labute approximate surface area is 174 Å². The van der Waals surface area contributed by atoms with Crippen molar-refractivity contribution in [2.45, 2.75) is 13.0 Å². The van der Waals surface area contributed by atoms with E-state index in [1.165, 1.54) is 0 Å². The zero-order valence-corrected chi connectivity index (χ0v) is 17.4. The Kier molecular flexibility index (Phi) is 7.65. The van der Waals surface area contributed by atoms with Crippen molar-refractivity contribution in [3.05, 3.63) is 47.0 Å². The lowest BCUT2D eigenvalue weighted by atomic mass is 10.2. The molecule has 26 heavy (non-hydrogen) atoms. The fourth-order valence-electron chi connectivity index (χ4n) is 2.41. The molecule has 140 valence electrons. The van der Waals surface area contributed by atoms with Gasteiger partial charge in [0, 0.05) is 12.1 Å². The number of nitrogens with one attached hydrogen (secondary N) is 1. The molecule has 1 heterocycles. The van der Waals surface area contributed by atoms with Crippen molar-refractivity contribution < 1.29 is 14.2 Å². The van der Waals surface area contributed by atoms with Gasteiger partial charge in [0.15, 0.2) is 17.5 Å². The summed E-state index contributed by atoms with van der Waals surface area (Å²) in [6.07, 6.45) is 0.878. The van der Waals surface area contributed by atoms with E-state index in [-0.39, 0.29) is 24.0 Å². The van der Waals surface area contributed by atoms with E-state index < -0.39 is 0 Å². The molecule has 0 fully saturated rings. The lowest BCUT2D eigenvalue weighted by molar-refractivity contribution is 0.297. The monoisotopic (exact) mass is 489 g/mol. The minimum absolute atomic E-state index is 0. The van der Waals surface area contributed by atoms with Crippen molar-refractivity contribution in [3.8, 4) is 17.2 Å². The molecule has 6 nitrogen and oxygen atoms in total. The van der Waals surface area contributed by atoms with E-state index in [0.29, 0.717) is 36.5 Å². The fraction of sp³-hybridized carbons (Fsp3) is 0.278. The topological polar surface area (TPSA) is 78.1 Å². The largest absolute Gasteiger partial charge is 0.495 e. The molecule has 2 aromatic carbocycles. The summed E-state index contributed by atoms with van der Waals surface area (Å²) in [4.78, 5) is 4.35. The van der Waals surface area contributed by atoms with Crippen LogP contribution in [0.2, 0.25) is 5.02 Å². The number of ether oxygens (including phenoxy) is 3. The van der Waals surface area contributed by atoms with Gasteiger partial charge in [-0.2, -0.15) is 0 Å². The van der Waals surface area contributed by atoms with Crippen LogP contribution in [0.5, 0.6) is 17.2 Å². The second-order valence-electron chi connectivity index (χ2n) is 5.51. The van der Waals surface area contributed by atoms with Gasteiger partial charge >= 0.3 is 0 Å². The number of benzene rings is 2. The summed E-state index contributed by atoms with van der Waals surface area (Å²) in [5.74, 6) is 2.42. The molecule has 0 radical (unpaired) electrons. The molecule has 0 atom stereocenters. The number of hydrogen-bond acceptors (Lipinski definition) is 4. The van der Waals surface area contributed by atoms with Crippen molar-refractivity contribution >= 4 is 47.2 Å². The highest BCUT2D eigenvalue weighted by molar-refractivity contribution is 14.0. The standard InChI is InChI=1S/C18H20ClN3O3.HI/c1-23-15-6-4-13(10-14(15)19)22-18(20)21-11-12-3-5-16-17(9-12)25-8-2-7-24-16;/h3-6,9-10H,2,7-8,11H2,1H3,(H3,20,21,22);1H. The van der Waals surface area contributed by atoms with Gasteiger partial charge in [-0.25, -0.2) is 4.99 Å². The number of methoxy groups -OCH3 is 1. The van der Waals surface area contributed by atoms with Crippen LogP contribution in [0.1, 0.15) is 12.0 Å². The number of hydrogen-bond donors (Lipinski definition) is 2. The molecular formula is C18H21ClIN3O3. The molecule has 0 saturated carbocycles. The van der Waals surface area contributed by atoms with Gasteiger partial charge in [0.25, 0.3) is 0 Å². The molecule has 0 unspecified atom stereocenters. The van der Waals surface area contributed by atoms with Gasteiger partial charge in [0.2, 0.25) is 0 Å². The van der Waals surface area contributed by atoms with Crippen molar-refractivity contribution in [1.82, 2.24) is 0 Å². The first-order valence-electron chi connectivity index (χ1n) is 7.95. The third-order valence-electron chi connectivity index (χ3n) is 3.67. The number of anilines is 1. The molecule has 0 aromatic heterocycles. The van der Waals surface area contributed by atoms with Crippen LogP contribution in [-0.2, 0) is 6.54 Å². The molecule has 1 aliphatic rings. The second kappa shape index (κ2) is 9.72. The minimum Gasteiger partial charge on any atom is -0.495 e. The Hall–Kier alpha value is -1.87. The van der Waals surface area contributed by atoms with E-state index in [0.717, 1.165) is 29.2 Å². The van der Waals surface area contributed by atoms with E-state index in [9.17, 15) is 0 Å². The third-order valence-corrected chi connectivity index (χ3v) is 3.96. The quantitative estimate of drug-likeness (QED) is 0.385. The molecule has 0 bridgehead atoms. The highest BCUT2D eigenvalue weighted by Crippen LogP contribution is 2.30. The average molecular weight is 490 g/mol. The van der Waals surface area contributed by atoms with E-state index in [1.54, 1.807) is 19.2 Å². The predicted molar refractivity (Wildman–Crippen MR) is 114 cm³/mol. The van der Waals surface area contributed by atoms with Gasteiger partial charge in [0.05, 0.1) is 31.9 Å². The molecular weight excluding hydrogens is 469 g/mol. The Morgan fingerprint density at radius 1 is 1.19 bits per heavy atom. The number of nitrogens with zero attached hydrogens (tertiary/aromatic N) is 1. The summed E-state index contributed by atoms with van der Waals surface area (Å²) >= 11 is 6.10. The fourth-order valence-corrected chi connectivity index (χ4v) is 2.67. The van der Waals surface area contributed by atoms with Gasteiger partial charge in [0.1, 0.15) is 5.75 Å². The minimum atomic E-state index is 0. The molecule has 3 N–H and O–H groups in total. The van der Waals surface area contributed by atoms with Crippen LogP contribution in [-0.4, -0.2) is 26.3 Å². The highest BCUT2D eigenvalue weighted by Gasteiger charge is 2.10. The van der Waals surface area contributed by atoms with Gasteiger partial charge in [-0.1, -0.05) is 17.7 Å². The Morgan fingerprint density at radius 2 is 1.96 bits per heavy atom. The lowest BCUT2D eigenvalue weighted by Gasteiger charge is -2.10. The van der Waals surface area contributed by atoms with Crippen LogP contribution in [0.3, 0.4) is 0 Å². The zero-order chi connectivity index (χ0) is 17.6. The van der Waals surface area contributed by atoms with Crippen molar-refractivity contribution in [2.24, 2.45) is 10.7 Å². The molecule has 8 heteroatoms. The van der Waals surface area contributed by atoms with E-state index in [4.69, 9.17) is 31.5 Å². The average Bonchev–Trinajstić information content (AvgIpc) is 2.85. The molecule has 0 amide bonds. The number of aliphatic imine (C=N–C) groups is 1. The Bertz CT molecular complexity index is 786. The van der Waals surface area contributed by atoms with Crippen LogP contribution in [0.4, 0.5) is 5.69 Å². The molecule has 0 aliphatic carbocycles. The first kappa shape index (κ1) is 20.4. The molecule has 3 rings (SSSR count). The summed E-state index contributed by atoms with van der Waals surface area (Å²) in [5, 5.41) is 3.51. The summed E-state index contributed by atoms with van der Waals surface area (Å²) in [7, 11) is 1.57. The van der Waals surface area contributed by atoms with Gasteiger partial charge in [-0.15, -0.1) is 24.0 Å². The highest BCUT2D eigenvalue weighted by atomic mass is 127. The molecule has 0 saturated heterocycles. The number of fused-ring (bicyclic) bond motifs is 1. The number of guanidine groups is 1. The van der Waals surface area contributed by atoms with Gasteiger partial charge in [-0.05, 0) is 35.9 Å². The first-order chi connectivity index (χ1) is 12.2. The maximum atomic E-state index is 6.10. The molecule has 1 aliphatic heterocycles. The van der Waals surface area contributed by atoms with Gasteiger partial charge < -0.3 is 25.3 Å².